The van der Waals surface area contributed by atoms with E-state index in [4.69, 9.17) is 9.47 Å². The zero-order valence-corrected chi connectivity index (χ0v) is 25.8. The van der Waals surface area contributed by atoms with Crippen LogP contribution in [0.2, 0.25) is 0 Å². The van der Waals surface area contributed by atoms with Crippen molar-refractivity contribution >= 4 is 35.1 Å². The van der Waals surface area contributed by atoms with Crippen LogP contribution >= 0.6 is 11.8 Å². The number of rotatable bonds is 10. The van der Waals surface area contributed by atoms with E-state index in [1.807, 2.05) is 6.07 Å². The minimum absolute atomic E-state index is 0.0323. The molecule has 13 heteroatoms. The molecule has 0 spiro atoms. The standard InChI is InChI=1S/C35H30FNO10S/c36-21-12-9-18(10-13-21)26(39)17-48-32-27(37(33(32)43)22-6-2-1-3-7-22)24-14-11-20(16-25(24)38)19-5-4-8-23(15-19)46-35-30(42)28(40)29(41)31(47-35)34(44)45/h1-16,27-32,35,38,40-42H,17H2,(H,44,45)/t27-,28+,29?,30?,31?,32-,35-/m1/s1. The van der Waals surface area contributed by atoms with Gasteiger partial charge in [0.25, 0.3) is 0 Å². The SMILES string of the molecule is O=C(CS[C@H]1C(=O)N(c2ccccc2)[C@@H]1c1ccc(-c2cccc(O[C@@H]3OC(C(=O)O)C(O)[C@H](O)C3O)c2)cc1O)c1ccc(F)cc1. The first-order valence-corrected chi connectivity index (χ1v) is 15.9. The van der Waals surface area contributed by atoms with E-state index in [0.29, 0.717) is 27.9 Å². The zero-order valence-electron chi connectivity index (χ0n) is 25.0. The van der Waals surface area contributed by atoms with E-state index in [1.54, 1.807) is 59.5 Å². The zero-order chi connectivity index (χ0) is 34.1. The molecule has 2 saturated heterocycles. The van der Waals surface area contributed by atoms with Crippen LogP contribution in [-0.4, -0.2) is 84.9 Å². The molecule has 0 saturated carbocycles. The number of nitrogens with zero attached hydrogens (tertiary/aromatic N) is 1. The molecule has 48 heavy (non-hydrogen) atoms. The number of thioether (sulfide) groups is 1. The van der Waals surface area contributed by atoms with E-state index in [2.05, 4.69) is 0 Å². The van der Waals surface area contributed by atoms with Gasteiger partial charge in [-0.15, -0.1) is 11.8 Å². The summed E-state index contributed by atoms with van der Waals surface area (Å²) in [4.78, 5) is 39.3. The molecule has 3 unspecified atom stereocenters. The molecule has 248 valence electrons. The molecular formula is C35H30FNO10S. The highest BCUT2D eigenvalue weighted by atomic mass is 32.2. The molecule has 4 aromatic rings. The van der Waals surface area contributed by atoms with Gasteiger partial charge in [0.05, 0.1) is 11.8 Å². The minimum Gasteiger partial charge on any atom is -0.508 e. The summed E-state index contributed by atoms with van der Waals surface area (Å²) in [7, 11) is 0. The number of aliphatic carboxylic acids is 1. The predicted molar refractivity (Wildman–Crippen MR) is 172 cm³/mol. The van der Waals surface area contributed by atoms with Gasteiger partial charge in [-0.2, -0.15) is 0 Å². The van der Waals surface area contributed by atoms with Gasteiger partial charge < -0.3 is 39.9 Å². The number of phenols is 1. The third kappa shape index (κ3) is 6.50. The van der Waals surface area contributed by atoms with Crippen LogP contribution in [0.25, 0.3) is 11.1 Å². The molecule has 2 aliphatic rings. The summed E-state index contributed by atoms with van der Waals surface area (Å²) in [5.41, 5.74) is 2.52. The van der Waals surface area contributed by atoms with Crippen molar-refractivity contribution in [3.05, 3.63) is 114 Å². The molecule has 0 aromatic heterocycles. The van der Waals surface area contributed by atoms with Gasteiger partial charge in [0.15, 0.2) is 11.9 Å². The van der Waals surface area contributed by atoms with Crippen molar-refractivity contribution in [3.8, 4) is 22.6 Å². The van der Waals surface area contributed by atoms with Gasteiger partial charge in [-0.25, -0.2) is 9.18 Å². The lowest BCUT2D eigenvalue weighted by molar-refractivity contribution is -0.271. The number of carbonyl (C=O) groups is 3. The van der Waals surface area contributed by atoms with Crippen molar-refractivity contribution in [2.75, 3.05) is 10.7 Å². The number of phenolic OH excluding ortho intramolecular Hbond substituents is 1. The van der Waals surface area contributed by atoms with E-state index >= 15 is 0 Å². The number of aromatic hydroxyl groups is 1. The average Bonchev–Trinajstić information content (AvgIpc) is 3.08. The summed E-state index contributed by atoms with van der Waals surface area (Å²) in [6.07, 6.45) is -8.84. The molecule has 2 fully saturated rings. The van der Waals surface area contributed by atoms with E-state index in [0.717, 1.165) is 11.8 Å². The number of β-lactam (4-membered cyclic amide) rings is 1. The fourth-order valence-corrected chi connectivity index (χ4v) is 6.90. The number of aliphatic hydroxyl groups is 3. The Hall–Kier alpha value is -4.79. The highest BCUT2D eigenvalue weighted by molar-refractivity contribution is 8.01. The maximum Gasteiger partial charge on any atom is 0.335 e. The first-order valence-electron chi connectivity index (χ1n) is 14.8. The smallest absolute Gasteiger partial charge is 0.335 e. The number of aliphatic hydroxyl groups excluding tert-OH is 3. The second-order valence-electron chi connectivity index (χ2n) is 11.3. The van der Waals surface area contributed by atoms with Crippen molar-refractivity contribution in [1.82, 2.24) is 0 Å². The summed E-state index contributed by atoms with van der Waals surface area (Å²) in [5.74, 6) is -2.49. The Kier molecular flexibility index (Phi) is 9.49. The molecular weight excluding hydrogens is 645 g/mol. The number of anilines is 1. The summed E-state index contributed by atoms with van der Waals surface area (Å²) in [6.45, 7) is 0. The molecule has 1 amide bonds. The number of carbonyl (C=O) groups excluding carboxylic acids is 2. The molecule has 2 aliphatic heterocycles. The average molecular weight is 676 g/mol. The minimum atomic E-state index is -1.86. The Labute approximate surface area is 277 Å². The van der Waals surface area contributed by atoms with Crippen LogP contribution in [0.1, 0.15) is 22.0 Å². The van der Waals surface area contributed by atoms with Crippen LogP contribution in [0.3, 0.4) is 0 Å². The van der Waals surface area contributed by atoms with Crippen LogP contribution in [0, 0.1) is 5.82 Å². The number of halogens is 1. The van der Waals surface area contributed by atoms with Gasteiger partial charge in [0, 0.05) is 16.8 Å². The number of ether oxygens (including phenoxy) is 2. The summed E-state index contributed by atoms with van der Waals surface area (Å²) >= 11 is 1.15. The highest BCUT2D eigenvalue weighted by Gasteiger charge is 2.50. The molecule has 11 nitrogen and oxygen atoms in total. The topological polar surface area (TPSA) is 174 Å². The van der Waals surface area contributed by atoms with Crippen LogP contribution in [0.4, 0.5) is 10.1 Å². The van der Waals surface area contributed by atoms with E-state index in [-0.39, 0.29) is 28.9 Å². The molecule has 2 heterocycles. The van der Waals surface area contributed by atoms with Crippen LogP contribution in [0.5, 0.6) is 11.5 Å². The Morgan fingerprint density at radius 1 is 0.854 bits per heavy atom. The largest absolute Gasteiger partial charge is 0.508 e. The number of carboxylic acids is 1. The van der Waals surface area contributed by atoms with Crippen LogP contribution in [-0.2, 0) is 14.3 Å². The first kappa shape index (κ1) is 33.1. The normalized spacial score (nSPS) is 25.3. The second kappa shape index (κ2) is 13.7. The maximum atomic E-state index is 13.4. The van der Waals surface area contributed by atoms with Gasteiger partial charge in [-0.3, -0.25) is 9.59 Å². The monoisotopic (exact) mass is 675 g/mol. The lowest BCUT2D eigenvalue weighted by Gasteiger charge is -2.47. The Morgan fingerprint density at radius 3 is 2.25 bits per heavy atom. The third-order valence-corrected chi connectivity index (χ3v) is 9.47. The van der Waals surface area contributed by atoms with Crippen LogP contribution < -0.4 is 9.64 Å². The highest BCUT2D eigenvalue weighted by Crippen LogP contribution is 2.48. The molecule has 4 aromatic carbocycles. The number of benzene rings is 4. The van der Waals surface area contributed by atoms with Crippen molar-refractivity contribution in [1.29, 1.82) is 0 Å². The van der Waals surface area contributed by atoms with Crippen molar-refractivity contribution in [2.24, 2.45) is 0 Å². The third-order valence-electron chi connectivity index (χ3n) is 8.22. The predicted octanol–water partition coefficient (Wildman–Crippen LogP) is 3.54. The number of amides is 1. The van der Waals surface area contributed by atoms with Gasteiger partial charge in [-0.1, -0.05) is 42.5 Å². The Bertz CT molecular complexity index is 1820. The van der Waals surface area contributed by atoms with E-state index in [1.165, 1.54) is 36.4 Å². The van der Waals surface area contributed by atoms with E-state index < -0.39 is 53.8 Å². The van der Waals surface area contributed by atoms with Gasteiger partial charge in [0.2, 0.25) is 12.2 Å². The van der Waals surface area contributed by atoms with Gasteiger partial charge in [0.1, 0.15) is 40.9 Å². The molecule has 0 bridgehead atoms. The Morgan fingerprint density at radius 2 is 1.56 bits per heavy atom. The first-order chi connectivity index (χ1) is 23.0. The lowest BCUT2D eigenvalue weighted by Crippen LogP contribution is -2.61. The number of Topliss-reactive ketones (excluding diaryl/α,β-unsaturated/α-hetero) is 1. The number of para-hydroxylation sites is 1. The van der Waals surface area contributed by atoms with Crippen molar-refractivity contribution in [2.45, 2.75) is 42.0 Å². The second-order valence-corrected chi connectivity index (χ2v) is 12.4. The van der Waals surface area contributed by atoms with E-state index in [9.17, 15) is 44.3 Å². The summed E-state index contributed by atoms with van der Waals surface area (Å²) < 4.78 is 24.2. The summed E-state index contributed by atoms with van der Waals surface area (Å²) in [5, 5.41) is 50.3. The molecule has 5 N–H and O–H groups in total. The van der Waals surface area contributed by atoms with Crippen LogP contribution in [0.15, 0.2) is 97.1 Å². The van der Waals surface area contributed by atoms with Crippen molar-refractivity contribution in [3.63, 3.8) is 0 Å². The fraction of sp³-hybridized carbons (Fsp3) is 0.229. The molecule has 6 rings (SSSR count). The van der Waals surface area contributed by atoms with Gasteiger partial charge in [-0.05, 0) is 65.7 Å². The fourth-order valence-electron chi connectivity index (χ4n) is 5.69. The number of hydrogen-bond acceptors (Lipinski definition) is 10. The molecule has 0 aliphatic carbocycles. The lowest BCUT2D eigenvalue weighted by atomic mass is 9.90. The molecule has 0 radical (unpaired) electrons. The molecule has 7 atom stereocenters. The summed E-state index contributed by atoms with van der Waals surface area (Å²) in [6, 6.07) is 24.9. The Balaban J connectivity index is 1.23. The number of carboxylic acid groups (broad SMARTS) is 1. The van der Waals surface area contributed by atoms with Crippen molar-refractivity contribution < 1.29 is 53.8 Å². The number of hydrogen-bond donors (Lipinski definition) is 5. The maximum absolute atomic E-state index is 13.4. The number of ketones is 1. The van der Waals surface area contributed by atoms with Gasteiger partial charge >= 0.3 is 5.97 Å². The quantitative estimate of drug-likeness (QED) is 0.123.